The van der Waals surface area contributed by atoms with Crippen LogP contribution in [0.3, 0.4) is 0 Å². The third-order valence-corrected chi connectivity index (χ3v) is 3.80. The van der Waals surface area contributed by atoms with Gasteiger partial charge < -0.3 is 14.8 Å². The van der Waals surface area contributed by atoms with Crippen molar-refractivity contribution in [2.75, 3.05) is 39.4 Å². The molecule has 0 bridgehead atoms. The normalized spacial score (nSPS) is 17.0. The first-order valence-corrected chi connectivity index (χ1v) is 8.07. The Kier molecular flexibility index (Phi) is 6.96. The Morgan fingerprint density at radius 3 is 2.91 bits per heavy atom. The molecule has 0 saturated carbocycles. The van der Waals surface area contributed by atoms with Crippen molar-refractivity contribution in [3.8, 4) is 5.75 Å². The maximum absolute atomic E-state index is 12.2. The molecular formula is C16H23ClN2O3. The first kappa shape index (κ1) is 17.1. The van der Waals surface area contributed by atoms with Crippen LogP contribution in [-0.4, -0.2) is 56.3 Å². The monoisotopic (exact) mass is 326 g/mol. The number of ether oxygens (including phenoxy) is 2. The van der Waals surface area contributed by atoms with Crippen LogP contribution in [0.2, 0.25) is 5.02 Å². The zero-order valence-corrected chi connectivity index (χ0v) is 13.6. The van der Waals surface area contributed by atoms with Gasteiger partial charge in [0, 0.05) is 31.2 Å². The molecule has 0 spiro atoms. The van der Waals surface area contributed by atoms with Gasteiger partial charge in [0.1, 0.15) is 5.75 Å². The van der Waals surface area contributed by atoms with Gasteiger partial charge in [0.05, 0.1) is 13.2 Å². The van der Waals surface area contributed by atoms with Crippen LogP contribution in [0.25, 0.3) is 0 Å². The third-order valence-electron chi connectivity index (χ3n) is 3.57. The van der Waals surface area contributed by atoms with Crippen molar-refractivity contribution in [1.29, 1.82) is 0 Å². The van der Waals surface area contributed by atoms with E-state index in [0.29, 0.717) is 23.7 Å². The number of nitrogens with one attached hydrogen (secondary N) is 1. The summed E-state index contributed by atoms with van der Waals surface area (Å²) in [7, 11) is 0. The summed E-state index contributed by atoms with van der Waals surface area (Å²) in [5, 5.41) is 3.53. The highest BCUT2D eigenvalue weighted by atomic mass is 35.5. The van der Waals surface area contributed by atoms with E-state index in [2.05, 4.69) is 10.2 Å². The van der Waals surface area contributed by atoms with Crippen LogP contribution < -0.4 is 10.1 Å². The van der Waals surface area contributed by atoms with E-state index in [0.717, 1.165) is 32.8 Å². The summed E-state index contributed by atoms with van der Waals surface area (Å²) in [5.41, 5.74) is 0. The Labute approximate surface area is 136 Å². The van der Waals surface area contributed by atoms with Crippen molar-refractivity contribution >= 4 is 17.5 Å². The Morgan fingerprint density at radius 2 is 2.23 bits per heavy atom. The minimum absolute atomic E-state index is 0.0873. The molecule has 1 aliphatic rings. The zero-order chi connectivity index (χ0) is 15.8. The topological polar surface area (TPSA) is 50.8 Å². The molecule has 1 heterocycles. The number of hydrogen-bond donors (Lipinski definition) is 1. The lowest BCUT2D eigenvalue weighted by molar-refractivity contribution is -0.128. The molecular weight excluding hydrogens is 304 g/mol. The first-order valence-electron chi connectivity index (χ1n) is 7.69. The standard InChI is InChI=1S/C16H23ClN2O3/c1-2-15(22-14-5-3-4-13(17)12-14)16(20)18-6-7-19-8-10-21-11-9-19/h3-5,12,15H,2,6-11H2,1H3,(H,18,20)/t15-/m1/s1. The second-order valence-electron chi connectivity index (χ2n) is 5.22. The summed E-state index contributed by atoms with van der Waals surface area (Å²) in [4.78, 5) is 14.5. The summed E-state index contributed by atoms with van der Waals surface area (Å²) < 4.78 is 11.0. The highest BCUT2D eigenvalue weighted by Crippen LogP contribution is 2.19. The molecule has 1 atom stereocenters. The SMILES string of the molecule is CC[C@@H](Oc1cccc(Cl)c1)C(=O)NCCN1CCOCC1. The average molecular weight is 327 g/mol. The molecule has 122 valence electrons. The molecule has 1 aromatic rings. The number of carbonyl (C=O) groups excluding carboxylic acids is 1. The Bertz CT molecular complexity index is 478. The summed E-state index contributed by atoms with van der Waals surface area (Å²) in [5.74, 6) is 0.526. The fourth-order valence-corrected chi connectivity index (χ4v) is 2.48. The quantitative estimate of drug-likeness (QED) is 0.832. The lowest BCUT2D eigenvalue weighted by Crippen LogP contribution is -2.44. The highest BCUT2D eigenvalue weighted by Gasteiger charge is 2.18. The van der Waals surface area contributed by atoms with Gasteiger partial charge in [0.25, 0.3) is 5.91 Å². The number of amides is 1. The highest BCUT2D eigenvalue weighted by molar-refractivity contribution is 6.30. The molecule has 1 aromatic carbocycles. The van der Waals surface area contributed by atoms with E-state index in [4.69, 9.17) is 21.1 Å². The molecule has 5 nitrogen and oxygen atoms in total. The van der Waals surface area contributed by atoms with Crippen molar-refractivity contribution in [3.05, 3.63) is 29.3 Å². The van der Waals surface area contributed by atoms with E-state index in [9.17, 15) is 4.79 Å². The predicted molar refractivity (Wildman–Crippen MR) is 86.4 cm³/mol. The summed E-state index contributed by atoms with van der Waals surface area (Å²) >= 11 is 5.92. The zero-order valence-electron chi connectivity index (χ0n) is 12.9. The molecule has 6 heteroatoms. The number of morpholine rings is 1. The van der Waals surface area contributed by atoms with Gasteiger partial charge in [-0.3, -0.25) is 9.69 Å². The maximum Gasteiger partial charge on any atom is 0.261 e. The van der Waals surface area contributed by atoms with Gasteiger partial charge in [-0.15, -0.1) is 0 Å². The molecule has 1 aliphatic heterocycles. The molecule has 0 aromatic heterocycles. The summed E-state index contributed by atoms with van der Waals surface area (Å²) in [6.07, 6.45) is 0.110. The van der Waals surface area contributed by atoms with Crippen LogP contribution in [0.15, 0.2) is 24.3 Å². The van der Waals surface area contributed by atoms with E-state index >= 15 is 0 Å². The van der Waals surface area contributed by atoms with Gasteiger partial charge in [-0.2, -0.15) is 0 Å². The minimum atomic E-state index is -0.497. The number of carbonyl (C=O) groups is 1. The fraction of sp³-hybridized carbons (Fsp3) is 0.562. The average Bonchev–Trinajstić information content (AvgIpc) is 2.53. The van der Waals surface area contributed by atoms with Gasteiger partial charge in [0.2, 0.25) is 0 Å². The van der Waals surface area contributed by atoms with Gasteiger partial charge in [0.15, 0.2) is 6.10 Å². The first-order chi connectivity index (χ1) is 10.7. The molecule has 0 unspecified atom stereocenters. The van der Waals surface area contributed by atoms with Crippen LogP contribution in [0.4, 0.5) is 0 Å². The smallest absolute Gasteiger partial charge is 0.261 e. The molecule has 1 fully saturated rings. The van der Waals surface area contributed by atoms with Crippen LogP contribution in [0, 0.1) is 0 Å². The van der Waals surface area contributed by atoms with Crippen molar-refractivity contribution in [1.82, 2.24) is 10.2 Å². The number of benzene rings is 1. The Morgan fingerprint density at radius 1 is 1.45 bits per heavy atom. The predicted octanol–water partition coefficient (Wildman–Crippen LogP) is 1.95. The van der Waals surface area contributed by atoms with Crippen molar-refractivity contribution in [2.45, 2.75) is 19.4 Å². The van der Waals surface area contributed by atoms with E-state index < -0.39 is 6.10 Å². The van der Waals surface area contributed by atoms with Crippen molar-refractivity contribution in [2.24, 2.45) is 0 Å². The number of nitrogens with zero attached hydrogens (tertiary/aromatic N) is 1. The second kappa shape index (κ2) is 8.98. The van der Waals surface area contributed by atoms with E-state index in [1.807, 2.05) is 6.92 Å². The molecule has 1 N–H and O–H groups in total. The molecule has 22 heavy (non-hydrogen) atoms. The van der Waals surface area contributed by atoms with Crippen LogP contribution in [-0.2, 0) is 9.53 Å². The van der Waals surface area contributed by atoms with Crippen LogP contribution in [0.1, 0.15) is 13.3 Å². The largest absolute Gasteiger partial charge is 0.481 e. The Hall–Kier alpha value is -1.30. The van der Waals surface area contributed by atoms with Gasteiger partial charge >= 0.3 is 0 Å². The van der Waals surface area contributed by atoms with Crippen LogP contribution >= 0.6 is 11.6 Å². The third kappa shape index (κ3) is 5.48. The van der Waals surface area contributed by atoms with E-state index in [1.165, 1.54) is 0 Å². The van der Waals surface area contributed by atoms with Crippen molar-refractivity contribution in [3.63, 3.8) is 0 Å². The van der Waals surface area contributed by atoms with E-state index in [-0.39, 0.29) is 5.91 Å². The number of hydrogen-bond acceptors (Lipinski definition) is 4. The van der Waals surface area contributed by atoms with Crippen LogP contribution in [0.5, 0.6) is 5.75 Å². The lowest BCUT2D eigenvalue weighted by atomic mass is 10.2. The fourth-order valence-electron chi connectivity index (χ4n) is 2.30. The van der Waals surface area contributed by atoms with Gasteiger partial charge in [-0.1, -0.05) is 24.6 Å². The van der Waals surface area contributed by atoms with E-state index in [1.54, 1.807) is 24.3 Å². The second-order valence-corrected chi connectivity index (χ2v) is 5.65. The molecule has 2 rings (SSSR count). The summed E-state index contributed by atoms with van der Waals surface area (Å²) in [6, 6.07) is 7.10. The Balaban J connectivity index is 1.76. The molecule has 1 amide bonds. The maximum atomic E-state index is 12.2. The number of rotatable bonds is 7. The summed E-state index contributed by atoms with van der Waals surface area (Å²) in [6.45, 7) is 6.76. The van der Waals surface area contributed by atoms with Crippen molar-refractivity contribution < 1.29 is 14.3 Å². The number of halogens is 1. The van der Waals surface area contributed by atoms with Gasteiger partial charge in [-0.25, -0.2) is 0 Å². The van der Waals surface area contributed by atoms with Gasteiger partial charge in [-0.05, 0) is 24.6 Å². The molecule has 0 radical (unpaired) electrons. The minimum Gasteiger partial charge on any atom is -0.481 e. The lowest BCUT2D eigenvalue weighted by Gasteiger charge is -2.26. The molecule has 1 saturated heterocycles. The molecule has 0 aliphatic carbocycles.